The smallest absolute Gasteiger partial charge is 0.244 e. The van der Waals surface area contributed by atoms with Crippen LogP contribution in [0.4, 0.5) is 0 Å². The third-order valence-corrected chi connectivity index (χ3v) is 4.50. The molecule has 2 rings (SSSR count). The fraction of sp³-hybridized carbons (Fsp3) is 0.533. The van der Waals surface area contributed by atoms with Gasteiger partial charge < -0.3 is 10.4 Å². The minimum Gasteiger partial charge on any atom is -0.396 e. The van der Waals surface area contributed by atoms with Gasteiger partial charge in [0.25, 0.3) is 0 Å². The molecule has 1 saturated carbocycles. The highest BCUT2D eigenvalue weighted by atomic mass is 32.1. The van der Waals surface area contributed by atoms with E-state index in [0.717, 1.165) is 30.6 Å². The summed E-state index contributed by atoms with van der Waals surface area (Å²) in [4.78, 5) is 13.0. The van der Waals surface area contributed by atoms with E-state index in [1.165, 1.54) is 6.42 Å². The number of hydrogen-bond donors (Lipinski definition) is 2. The Bertz CT molecular complexity index is 414. The molecule has 104 valence electrons. The number of nitrogens with one attached hydrogen (secondary N) is 1. The van der Waals surface area contributed by atoms with Crippen LogP contribution in [0.15, 0.2) is 23.6 Å². The van der Waals surface area contributed by atoms with Crippen LogP contribution in [-0.2, 0) is 4.79 Å². The SMILES string of the molecule is O=C(/C=C/c1cccs1)NC1CCCCCC1CO. The van der Waals surface area contributed by atoms with Crippen molar-refractivity contribution >= 4 is 23.3 Å². The first kappa shape index (κ1) is 14.3. The summed E-state index contributed by atoms with van der Waals surface area (Å²) in [5, 5.41) is 14.4. The second-order valence-corrected chi connectivity index (χ2v) is 6.02. The molecule has 0 spiro atoms. The van der Waals surface area contributed by atoms with Crippen molar-refractivity contribution in [2.24, 2.45) is 5.92 Å². The molecule has 1 aliphatic rings. The van der Waals surface area contributed by atoms with E-state index in [1.807, 2.05) is 23.6 Å². The van der Waals surface area contributed by atoms with Gasteiger partial charge >= 0.3 is 0 Å². The summed E-state index contributed by atoms with van der Waals surface area (Å²) in [6, 6.07) is 4.07. The summed E-state index contributed by atoms with van der Waals surface area (Å²) in [6.07, 6.45) is 8.91. The monoisotopic (exact) mass is 279 g/mol. The predicted molar refractivity (Wildman–Crippen MR) is 78.9 cm³/mol. The van der Waals surface area contributed by atoms with Crippen LogP contribution in [-0.4, -0.2) is 23.7 Å². The molecule has 1 aromatic rings. The standard InChI is InChI=1S/C15H21NO2S/c17-11-12-5-2-1-3-7-14(12)16-15(18)9-8-13-6-4-10-19-13/h4,6,8-10,12,14,17H,1-3,5,7,11H2,(H,16,18)/b9-8+. The molecule has 0 saturated heterocycles. The van der Waals surface area contributed by atoms with Gasteiger partial charge in [-0.15, -0.1) is 11.3 Å². The molecule has 3 nitrogen and oxygen atoms in total. The van der Waals surface area contributed by atoms with Crippen molar-refractivity contribution in [3.63, 3.8) is 0 Å². The Hall–Kier alpha value is -1.13. The van der Waals surface area contributed by atoms with E-state index in [2.05, 4.69) is 5.32 Å². The molecule has 2 atom stereocenters. The zero-order valence-electron chi connectivity index (χ0n) is 11.0. The summed E-state index contributed by atoms with van der Waals surface area (Å²) in [7, 11) is 0. The van der Waals surface area contributed by atoms with Crippen LogP contribution in [0, 0.1) is 5.92 Å². The lowest BCUT2D eigenvalue weighted by Gasteiger charge is -2.23. The zero-order valence-corrected chi connectivity index (χ0v) is 11.9. The lowest BCUT2D eigenvalue weighted by Crippen LogP contribution is -2.40. The summed E-state index contributed by atoms with van der Waals surface area (Å²) in [5.41, 5.74) is 0. The topological polar surface area (TPSA) is 49.3 Å². The van der Waals surface area contributed by atoms with Gasteiger partial charge in [0, 0.05) is 29.5 Å². The summed E-state index contributed by atoms with van der Waals surface area (Å²) >= 11 is 1.61. The van der Waals surface area contributed by atoms with Gasteiger partial charge in [0.2, 0.25) is 5.91 Å². The molecule has 1 aromatic heterocycles. The fourth-order valence-electron chi connectivity index (χ4n) is 2.57. The quantitative estimate of drug-likeness (QED) is 0.658. The molecule has 1 aliphatic carbocycles. The Morgan fingerprint density at radius 3 is 3.00 bits per heavy atom. The fourth-order valence-corrected chi connectivity index (χ4v) is 3.19. The summed E-state index contributed by atoms with van der Waals surface area (Å²) < 4.78 is 0. The molecule has 1 fully saturated rings. The van der Waals surface area contributed by atoms with Crippen molar-refractivity contribution in [3.05, 3.63) is 28.5 Å². The van der Waals surface area contributed by atoms with Crippen LogP contribution in [0.25, 0.3) is 6.08 Å². The van der Waals surface area contributed by atoms with Crippen molar-refractivity contribution in [1.29, 1.82) is 0 Å². The summed E-state index contributed by atoms with van der Waals surface area (Å²) in [6.45, 7) is 0.166. The van der Waals surface area contributed by atoms with Crippen molar-refractivity contribution in [3.8, 4) is 0 Å². The highest BCUT2D eigenvalue weighted by Gasteiger charge is 2.23. The van der Waals surface area contributed by atoms with Gasteiger partial charge in [0.1, 0.15) is 0 Å². The first-order valence-electron chi connectivity index (χ1n) is 6.92. The van der Waals surface area contributed by atoms with Crippen LogP contribution in [0.3, 0.4) is 0 Å². The Morgan fingerprint density at radius 2 is 2.26 bits per heavy atom. The van der Waals surface area contributed by atoms with Gasteiger partial charge in [-0.3, -0.25) is 4.79 Å². The maximum absolute atomic E-state index is 11.9. The van der Waals surface area contributed by atoms with Gasteiger partial charge in [-0.2, -0.15) is 0 Å². The van der Waals surface area contributed by atoms with Crippen LogP contribution >= 0.6 is 11.3 Å². The highest BCUT2D eigenvalue weighted by molar-refractivity contribution is 7.10. The minimum atomic E-state index is -0.0567. The molecule has 0 bridgehead atoms. The molecule has 2 unspecified atom stereocenters. The third kappa shape index (κ3) is 4.48. The zero-order chi connectivity index (χ0) is 13.5. The number of carbonyl (C=O) groups is 1. The van der Waals surface area contributed by atoms with Crippen molar-refractivity contribution in [1.82, 2.24) is 5.32 Å². The van der Waals surface area contributed by atoms with E-state index in [9.17, 15) is 9.90 Å². The van der Waals surface area contributed by atoms with Crippen LogP contribution in [0.1, 0.15) is 37.0 Å². The maximum Gasteiger partial charge on any atom is 0.244 e. The normalized spacial score (nSPS) is 24.3. The maximum atomic E-state index is 11.9. The number of rotatable bonds is 4. The number of thiophene rings is 1. The molecule has 19 heavy (non-hydrogen) atoms. The first-order chi connectivity index (χ1) is 9.29. The van der Waals surface area contributed by atoms with Crippen LogP contribution in [0.5, 0.6) is 0 Å². The number of hydrogen-bond acceptors (Lipinski definition) is 3. The van der Waals surface area contributed by atoms with Gasteiger partial charge in [0.05, 0.1) is 0 Å². The number of aliphatic hydroxyl groups is 1. The van der Waals surface area contributed by atoms with Gasteiger partial charge in [-0.25, -0.2) is 0 Å². The van der Waals surface area contributed by atoms with Gasteiger partial charge in [0.15, 0.2) is 0 Å². The number of carbonyl (C=O) groups excluding carboxylic acids is 1. The Kier molecular flexibility index (Phi) is 5.61. The lowest BCUT2D eigenvalue weighted by atomic mass is 9.95. The number of amides is 1. The minimum absolute atomic E-state index is 0.0567. The van der Waals surface area contributed by atoms with E-state index in [-0.39, 0.29) is 24.5 Å². The average Bonchev–Trinajstić information content (AvgIpc) is 2.83. The molecule has 1 heterocycles. The predicted octanol–water partition coefficient (Wildman–Crippen LogP) is 2.82. The first-order valence-corrected chi connectivity index (χ1v) is 7.80. The molecule has 2 N–H and O–H groups in total. The molecular formula is C15H21NO2S. The average molecular weight is 279 g/mol. The molecule has 0 aromatic carbocycles. The van der Waals surface area contributed by atoms with E-state index in [1.54, 1.807) is 17.4 Å². The molecule has 0 radical (unpaired) electrons. The molecular weight excluding hydrogens is 258 g/mol. The molecule has 4 heteroatoms. The molecule has 1 amide bonds. The lowest BCUT2D eigenvalue weighted by molar-refractivity contribution is -0.117. The van der Waals surface area contributed by atoms with E-state index in [4.69, 9.17) is 0 Å². The highest BCUT2D eigenvalue weighted by Crippen LogP contribution is 2.23. The second-order valence-electron chi connectivity index (χ2n) is 5.04. The second kappa shape index (κ2) is 7.46. The van der Waals surface area contributed by atoms with Gasteiger partial charge in [-0.05, 0) is 30.4 Å². The Morgan fingerprint density at radius 1 is 1.42 bits per heavy atom. The van der Waals surface area contributed by atoms with Crippen LogP contribution in [0.2, 0.25) is 0 Å². The van der Waals surface area contributed by atoms with Crippen molar-refractivity contribution in [2.45, 2.75) is 38.1 Å². The van der Waals surface area contributed by atoms with E-state index >= 15 is 0 Å². The number of aliphatic hydroxyl groups excluding tert-OH is 1. The van der Waals surface area contributed by atoms with Crippen molar-refractivity contribution < 1.29 is 9.90 Å². The molecule has 0 aliphatic heterocycles. The Balaban J connectivity index is 1.89. The summed E-state index contributed by atoms with van der Waals surface area (Å²) in [5.74, 6) is 0.153. The largest absolute Gasteiger partial charge is 0.396 e. The van der Waals surface area contributed by atoms with Crippen molar-refractivity contribution in [2.75, 3.05) is 6.61 Å². The van der Waals surface area contributed by atoms with Crippen LogP contribution < -0.4 is 5.32 Å². The van der Waals surface area contributed by atoms with E-state index in [0.29, 0.717) is 0 Å². The third-order valence-electron chi connectivity index (χ3n) is 3.66. The van der Waals surface area contributed by atoms with Gasteiger partial charge in [-0.1, -0.05) is 25.3 Å². The Labute approximate surface area is 118 Å². The van der Waals surface area contributed by atoms with E-state index < -0.39 is 0 Å².